The maximum atomic E-state index is 9.10. The smallest absolute Gasteiger partial charge is 0.232 e. The van der Waals surface area contributed by atoms with Gasteiger partial charge in [0.25, 0.3) is 0 Å². The Morgan fingerprint density at radius 3 is 2.73 bits per heavy atom. The van der Waals surface area contributed by atoms with E-state index in [9.17, 15) is 0 Å². The summed E-state index contributed by atoms with van der Waals surface area (Å²) >= 11 is 5.86. The predicted molar refractivity (Wildman–Crippen MR) is 83.6 cm³/mol. The van der Waals surface area contributed by atoms with Gasteiger partial charge >= 0.3 is 0 Å². The first-order valence-electron chi connectivity index (χ1n) is 6.78. The van der Waals surface area contributed by atoms with Crippen LogP contribution in [0.5, 0.6) is 5.75 Å². The summed E-state index contributed by atoms with van der Waals surface area (Å²) in [7, 11) is 0. The highest BCUT2D eigenvalue weighted by Crippen LogP contribution is 2.23. The van der Waals surface area contributed by atoms with Crippen molar-refractivity contribution in [2.75, 3.05) is 0 Å². The largest absolute Gasteiger partial charge is 0.484 e. The Morgan fingerprint density at radius 2 is 1.95 bits per heavy atom. The summed E-state index contributed by atoms with van der Waals surface area (Å²) in [6, 6.07) is 14.6. The fraction of sp³-hybridized carbons (Fsp3) is 0.118. The molecule has 22 heavy (non-hydrogen) atoms. The van der Waals surface area contributed by atoms with Crippen LogP contribution in [0.2, 0.25) is 5.02 Å². The van der Waals surface area contributed by atoms with Gasteiger partial charge in [-0.3, -0.25) is 0 Å². The van der Waals surface area contributed by atoms with Crippen LogP contribution in [-0.2, 0) is 13.2 Å². The van der Waals surface area contributed by atoms with Crippen molar-refractivity contribution in [1.29, 1.82) is 0 Å². The Bertz CT molecular complexity index is 753. The maximum Gasteiger partial charge on any atom is 0.232 e. The van der Waals surface area contributed by atoms with Crippen molar-refractivity contribution in [2.24, 2.45) is 0 Å². The minimum absolute atomic E-state index is 0.0169. The van der Waals surface area contributed by atoms with Crippen LogP contribution in [0.3, 0.4) is 0 Å². The number of rotatable bonds is 5. The van der Waals surface area contributed by atoms with E-state index < -0.39 is 0 Å². The van der Waals surface area contributed by atoms with Gasteiger partial charge in [0.1, 0.15) is 5.75 Å². The van der Waals surface area contributed by atoms with Crippen molar-refractivity contribution >= 4 is 11.6 Å². The van der Waals surface area contributed by atoms with Gasteiger partial charge in [0.2, 0.25) is 5.89 Å². The van der Waals surface area contributed by atoms with Crippen molar-refractivity contribution in [3.8, 4) is 17.1 Å². The molecular weight excluding hydrogens is 302 g/mol. The summed E-state index contributed by atoms with van der Waals surface area (Å²) < 4.78 is 11.3. The molecule has 0 saturated carbocycles. The number of oxazole rings is 1. The number of aromatic nitrogens is 1. The number of aliphatic hydroxyl groups is 1. The van der Waals surface area contributed by atoms with Crippen molar-refractivity contribution in [3.05, 3.63) is 71.2 Å². The molecule has 0 aliphatic heterocycles. The second-order valence-corrected chi connectivity index (χ2v) is 5.16. The van der Waals surface area contributed by atoms with Crippen molar-refractivity contribution in [3.63, 3.8) is 0 Å². The van der Waals surface area contributed by atoms with Gasteiger partial charge in [-0.05, 0) is 42.0 Å². The van der Waals surface area contributed by atoms with Crippen LogP contribution in [0.15, 0.2) is 59.1 Å². The van der Waals surface area contributed by atoms with Gasteiger partial charge in [-0.2, -0.15) is 0 Å². The lowest BCUT2D eigenvalue weighted by Crippen LogP contribution is -1.96. The molecule has 0 atom stereocenters. The zero-order chi connectivity index (χ0) is 15.4. The van der Waals surface area contributed by atoms with Gasteiger partial charge in [0.15, 0.2) is 12.4 Å². The Kier molecular flexibility index (Phi) is 4.42. The Balaban J connectivity index is 1.67. The van der Waals surface area contributed by atoms with E-state index in [4.69, 9.17) is 25.9 Å². The molecule has 1 aromatic heterocycles. The van der Waals surface area contributed by atoms with Gasteiger partial charge < -0.3 is 14.3 Å². The average Bonchev–Trinajstić information content (AvgIpc) is 3.03. The normalized spacial score (nSPS) is 10.6. The number of hydrogen-bond acceptors (Lipinski definition) is 4. The summed E-state index contributed by atoms with van der Waals surface area (Å²) in [5, 5.41) is 9.78. The second kappa shape index (κ2) is 6.64. The third-order valence-electron chi connectivity index (χ3n) is 3.13. The van der Waals surface area contributed by atoms with Crippen LogP contribution >= 0.6 is 11.6 Å². The molecule has 0 spiro atoms. The standard InChI is InChI=1S/C17H14ClNO3/c18-14-6-4-13(5-7-14)16-9-19-17(22-16)11-21-15-3-1-2-12(8-15)10-20/h1-9,20H,10-11H2. The highest BCUT2D eigenvalue weighted by atomic mass is 35.5. The molecule has 0 saturated heterocycles. The lowest BCUT2D eigenvalue weighted by Gasteiger charge is -2.04. The van der Waals surface area contributed by atoms with E-state index in [1.54, 1.807) is 24.4 Å². The molecule has 4 nitrogen and oxygen atoms in total. The van der Waals surface area contributed by atoms with E-state index in [0.717, 1.165) is 11.1 Å². The molecule has 0 amide bonds. The maximum absolute atomic E-state index is 9.10. The van der Waals surface area contributed by atoms with Crippen LogP contribution < -0.4 is 4.74 Å². The van der Waals surface area contributed by atoms with E-state index in [0.29, 0.717) is 22.4 Å². The molecular formula is C17H14ClNO3. The Hall–Kier alpha value is -2.30. The third kappa shape index (κ3) is 3.47. The van der Waals surface area contributed by atoms with E-state index in [2.05, 4.69) is 4.98 Å². The fourth-order valence-corrected chi connectivity index (χ4v) is 2.13. The molecule has 2 aromatic carbocycles. The van der Waals surface area contributed by atoms with Gasteiger partial charge in [0, 0.05) is 10.6 Å². The fourth-order valence-electron chi connectivity index (χ4n) is 2.00. The molecule has 112 valence electrons. The number of ether oxygens (including phenoxy) is 1. The molecule has 5 heteroatoms. The lowest BCUT2D eigenvalue weighted by molar-refractivity contribution is 0.260. The van der Waals surface area contributed by atoms with Gasteiger partial charge in [-0.25, -0.2) is 4.98 Å². The minimum atomic E-state index is -0.0169. The first-order chi connectivity index (χ1) is 10.7. The summed E-state index contributed by atoms with van der Waals surface area (Å²) in [6.07, 6.45) is 1.66. The summed E-state index contributed by atoms with van der Waals surface area (Å²) in [6.45, 7) is 0.208. The van der Waals surface area contributed by atoms with Crippen LogP contribution in [0.4, 0.5) is 0 Å². The quantitative estimate of drug-likeness (QED) is 0.771. The number of aliphatic hydroxyl groups excluding tert-OH is 1. The van der Waals surface area contributed by atoms with E-state index in [1.807, 2.05) is 30.3 Å². The zero-order valence-corrected chi connectivity index (χ0v) is 12.5. The molecule has 0 aliphatic rings. The van der Waals surface area contributed by atoms with Crippen LogP contribution in [-0.4, -0.2) is 10.1 Å². The van der Waals surface area contributed by atoms with E-state index in [-0.39, 0.29) is 13.2 Å². The molecule has 0 aliphatic carbocycles. The number of benzene rings is 2. The molecule has 3 rings (SSSR count). The zero-order valence-electron chi connectivity index (χ0n) is 11.7. The summed E-state index contributed by atoms with van der Waals surface area (Å²) in [4.78, 5) is 4.20. The number of hydrogen-bond donors (Lipinski definition) is 1. The molecule has 0 fully saturated rings. The topological polar surface area (TPSA) is 55.5 Å². The van der Waals surface area contributed by atoms with Crippen LogP contribution in [0, 0.1) is 0 Å². The van der Waals surface area contributed by atoms with Crippen LogP contribution in [0.1, 0.15) is 11.5 Å². The molecule has 0 unspecified atom stereocenters. The SMILES string of the molecule is OCc1cccc(OCc2ncc(-c3ccc(Cl)cc3)o2)c1. The highest BCUT2D eigenvalue weighted by Gasteiger charge is 2.07. The second-order valence-electron chi connectivity index (χ2n) is 4.72. The molecule has 3 aromatic rings. The molecule has 1 heterocycles. The highest BCUT2D eigenvalue weighted by molar-refractivity contribution is 6.30. The average molecular weight is 316 g/mol. The Morgan fingerprint density at radius 1 is 1.14 bits per heavy atom. The molecule has 1 N–H and O–H groups in total. The third-order valence-corrected chi connectivity index (χ3v) is 3.38. The monoisotopic (exact) mass is 315 g/mol. The summed E-state index contributed by atoms with van der Waals surface area (Å²) in [5.74, 6) is 1.82. The van der Waals surface area contributed by atoms with Gasteiger partial charge in [-0.1, -0.05) is 23.7 Å². The molecule has 0 radical (unpaired) electrons. The first kappa shape index (κ1) is 14.6. The molecule has 0 bridgehead atoms. The van der Waals surface area contributed by atoms with E-state index >= 15 is 0 Å². The van der Waals surface area contributed by atoms with Gasteiger partial charge in [0.05, 0.1) is 12.8 Å². The first-order valence-corrected chi connectivity index (χ1v) is 7.15. The number of nitrogens with zero attached hydrogens (tertiary/aromatic N) is 1. The lowest BCUT2D eigenvalue weighted by atomic mass is 10.2. The Labute approximate surface area is 133 Å². The van der Waals surface area contributed by atoms with Crippen molar-refractivity contribution in [2.45, 2.75) is 13.2 Å². The summed E-state index contributed by atoms with van der Waals surface area (Å²) in [5.41, 5.74) is 1.71. The number of halogens is 1. The van der Waals surface area contributed by atoms with Crippen molar-refractivity contribution < 1.29 is 14.3 Å². The predicted octanol–water partition coefficient (Wildman–Crippen LogP) is 4.07. The van der Waals surface area contributed by atoms with Crippen molar-refractivity contribution in [1.82, 2.24) is 4.98 Å². The van der Waals surface area contributed by atoms with Gasteiger partial charge in [-0.15, -0.1) is 0 Å². The van der Waals surface area contributed by atoms with E-state index in [1.165, 1.54) is 0 Å². The minimum Gasteiger partial charge on any atom is -0.484 e. The van der Waals surface area contributed by atoms with Crippen LogP contribution in [0.25, 0.3) is 11.3 Å².